The van der Waals surface area contributed by atoms with Crippen LogP contribution in [0.3, 0.4) is 0 Å². The molecule has 7 heteroatoms. The predicted octanol–water partition coefficient (Wildman–Crippen LogP) is 0.218. The molecule has 5 rings (SSSR count). The molecule has 2 bridgehead atoms. The maximum Gasteiger partial charge on any atom is 0.347 e. The first-order valence-corrected chi connectivity index (χ1v) is 6.07. The summed E-state index contributed by atoms with van der Waals surface area (Å²) < 4.78 is 16.1. The fraction of sp³-hybridized carbons (Fsp3) is 0.727. The van der Waals surface area contributed by atoms with E-state index < -0.39 is 28.9 Å². The number of alkyl halides is 1. The minimum absolute atomic E-state index is 0.341. The van der Waals surface area contributed by atoms with E-state index in [-0.39, 0.29) is 0 Å². The van der Waals surface area contributed by atoms with Crippen LogP contribution in [0, 0.1) is 0 Å². The number of hydrogen-bond acceptors (Lipinski definition) is 3. The quantitative estimate of drug-likeness (QED) is 0.817. The van der Waals surface area contributed by atoms with E-state index in [9.17, 15) is 14.0 Å². The van der Waals surface area contributed by atoms with Crippen molar-refractivity contribution in [3.8, 4) is 0 Å². The number of nitrogens with zero attached hydrogens (tertiary/aromatic N) is 3. The SMILES string of the molecule is O=C(O)C1CCc2nn(C34CC(F)(C3)C4)c(=O)n21. The summed E-state index contributed by atoms with van der Waals surface area (Å²) in [5.41, 5.74) is -1.96. The summed E-state index contributed by atoms with van der Waals surface area (Å²) >= 11 is 0. The summed E-state index contributed by atoms with van der Waals surface area (Å²) in [5, 5.41) is 13.3. The number of fused-ring (bicyclic) bond motifs is 1. The molecule has 1 atom stereocenters. The molecule has 1 aliphatic heterocycles. The Morgan fingerprint density at radius 1 is 1.44 bits per heavy atom. The maximum absolute atomic E-state index is 13.5. The number of aryl methyl sites for hydroxylation is 1. The van der Waals surface area contributed by atoms with Gasteiger partial charge in [-0.15, -0.1) is 0 Å². The van der Waals surface area contributed by atoms with E-state index in [0.717, 1.165) is 0 Å². The van der Waals surface area contributed by atoms with Crippen LogP contribution in [0.2, 0.25) is 0 Å². The fourth-order valence-electron chi connectivity index (χ4n) is 3.68. The van der Waals surface area contributed by atoms with Crippen LogP contribution in [0.4, 0.5) is 4.39 Å². The number of hydrogen-bond donors (Lipinski definition) is 1. The van der Waals surface area contributed by atoms with E-state index in [0.29, 0.717) is 37.9 Å². The van der Waals surface area contributed by atoms with Gasteiger partial charge in [0.05, 0.1) is 5.54 Å². The van der Waals surface area contributed by atoms with Gasteiger partial charge in [-0.25, -0.2) is 18.7 Å². The van der Waals surface area contributed by atoms with Gasteiger partial charge in [-0.2, -0.15) is 5.10 Å². The summed E-state index contributed by atoms with van der Waals surface area (Å²) in [4.78, 5) is 23.3. The van der Waals surface area contributed by atoms with E-state index in [2.05, 4.69) is 5.10 Å². The molecular weight excluding hydrogens is 241 g/mol. The third-order valence-electron chi connectivity index (χ3n) is 4.51. The van der Waals surface area contributed by atoms with Crippen LogP contribution in [0.1, 0.15) is 37.5 Å². The normalized spacial score (nSPS) is 39.9. The van der Waals surface area contributed by atoms with Crippen LogP contribution in [0.5, 0.6) is 0 Å². The first-order valence-electron chi connectivity index (χ1n) is 6.07. The molecule has 4 aliphatic rings. The summed E-state index contributed by atoms with van der Waals surface area (Å²) in [7, 11) is 0. The van der Waals surface area contributed by atoms with Crippen molar-refractivity contribution in [1.29, 1.82) is 0 Å². The van der Waals surface area contributed by atoms with Gasteiger partial charge >= 0.3 is 11.7 Å². The molecule has 3 fully saturated rings. The molecule has 96 valence electrons. The predicted molar refractivity (Wildman–Crippen MR) is 57.1 cm³/mol. The van der Waals surface area contributed by atoms with Crippen molar-refractivity contribution in [1.82, 2.24) is 14.3 Å². The van der Waals surface area contributed by atoms with E-state index in [4.69, 9.17) is 5.11 Å². The lowest BCUT2D eigenvalue weighted by Crippen LogP contribution is -2.72. The average molecular weight is 253 g/mol. The third kappa shape index (κ3) is 0.968. The smallest absolute Gasteiger partial charge is 0.347 e. The van der Waals surface area contributed by atoms with Crippen LogP contribution < -0.4 is 5.69 Å². The molecule has 1 N–H and O–H groups in total. The highest BCUT2D eigenvalue weighted by atomic mass is 19.1. The molecule has 2 heterocycles. The van der Waals surface area contributed by atoms with Crippen molar-refractivity contribution < 1.29 is 14.3 Å². The average Bonchev–Trinajstić information content (AvgIpc) is 2.73. The Labute approximate surface area is 101 Å². The van der Waals surface area contributed by atoms with Gasteiger partial charge < -0.3 is 5.11 Å². The van der Waals surface area contributed by atoms with Gasteiger partial charge in [-0.1, -0.05) is 0 Å². The summed E-state index contributed by atoms with van der Waals surface area (Å²) in [6, 6.07) is -0.812. The Morgan fingerprint density at radius 3 is 2.67 bits per heavy atom. The number of carboxylic acid groups (broad SMARTS) is 1. The first kappa shape index (κ1) is 10.3. The summed E-state index contributed by atoms with van der Waals surface area (Å²) in [6.07, 6.45) is 1.93. The zero-order chi connectivity index (χ0) is 12.7. The summed E-state index contributed by atoms with van der Waals surface area (Å²) in [6.45, 7) is 0. The minimum atomic E-state index is -1.10. The van der Waals surface area contributed by atoms with Crippen molar-refractivity contribution in [2.24, 2.45) is 0 Å². The number of halogens is 1. The monoisotopic (exact) mass is 253 g/mol. The lowest BCUT2D eigenvalue weighted by molar-refractivity contribution is -0.205. The number of carbonyl (C=O) groups is 1. The topological polar surface area (TPSA) is 77.1 Å². The Morgan fingerprint density at radius 2 is 2.11 bits per heavy atom. The van der Waals surface area contributed by atoms with E-state index in [1.165, 1.54) is 9.25 Å². The molecule has 6 nitrogen and oxygen atoms in total. The molecule has 1 aromatic rings. The fourth-order valence-corrected chi connectivity index (χ4v) is 3.68. The lowest BCUT2D eigenvalue weighted by atomic mass is 9.47. The van der Waals surface area contributed by atoms with Gasteiger partial charge in [0.2, 0.25) is 0 Å². The number of aliphatic carboxylic acids is 1. The lowest BCUT2D eigenvalue weighted by Gasteiger charge is -2.64. The van der Waals surface area contributed by atoms with Gasteiger partial charge in [0.15, 0.2) is 0 Å². The van der Waals surface area contributed by atoms with Crippen molar-refractivity contribution in [3.05, 3.63) is 16.3 Å². The molecule has 3 saturated carbocycles. The molecule has 0 radical (unpaired) electrons. The van der Waals surface area contributed by atoms with Crippen molar-refractivity contribution in [2.45, 2.75) is 49.4 Å². The molecule has 0 spiro atoms. The van der Waals surface area contributed by atoms with E-state index >= 15 is 0 Å². The standard InChI is InChI=1S/C11H12FN3O3/c12-10-3-11(4-10,5-10)15-9(18)14-6(8(16)17)1-2-7(14)13-15/h6H,1-5H2,(H,16,17). The van der Waals surface area contributed by atoms with Gasteiger partial charge in [0.1, 0.15) is 17.5 Å². The van der Waals surface area contributed by atoms with Gasteiger partial charge in [-0.05, 0) is 6.42 Å². The van der Waals surface area contributed by atoms with Crippen molar-refractivity contribution in [3.63, 3.8) is 0 Å². The zero-order valence-electron chi connectivity index (χ0n) is 9.60. The molecule has 1 aromatic heterocycles. The van der Waals surface area contributed by atoms with Crippen molar-refractivity contribution >= 4 is 5.97 Å². The van der Waals surface area contributed by atoms with Crippen LogP contribution in [-0.2, 0) is 16.8 Å². The van der Waals surface area contributed by atoms with Gasteiger partial charge in [0, 0.05) is 25.7 Å². The van der Waals surface area contributed by atoms with Gasteiger partial charge in [0.25, 0.3) is 0 Å². The second-order valence-corrected chi connectivity index (χ2v) is 5.78. The largest absolute Gasteiger partial charge is 0.480 e. The Kier molecular flexibility index (Phi) is 1.53. The van der Waals surface area contributed by atoms with Crippen LogP contribution in [-0.4, -0.2) is 31.1 Å². The van der Waals surface area contributed by atoms with Crippen LogP contribution >= 0.6 is 0 Å². The highest BCUT2D eigenvalue weighted by Crippen LogP contribution is 2.66. The van der Waals surface area contributed by atoms with Gasteiger partial charge in [-0.3, -0.25) is 4.57 Å². The number of aromatic nitrogens is 3. The minimum Gasteiger partial charge on any atom is -0.480 e. The van der Waals surface area contributed by atoms with E-state index in [1.54, 1.807) is 0 Å². The molecular formula is C11H12FN3O3. The molecule has 1 unspecified atom stereocenters. The maximum atomic E-state index is 13.5. The number of rotatable bonds is 2. The first-order chi connectivity index (χ1) is 8.44. The van der Waals surface area contributed by atoms with E-state index in [1.807, 2.05) is 0 Å². The molecule has 18 heavy (non-hydrogen) atoms. The van der Waals surface area contributed by atoms with Crippen molar-refractivity contribution in [2.75, 3.05) is 0 Å². The number of carboxylic acids is 1. The summed E-state index contributed by atoms with van der Waals surface area (Å²) in [5.74, 6) is -0.486. The second kappa shape index (κ2) is 2.67. The Balaban J connectivity index is 1.79. The molecule has 0 saturated heterocycles. The zero-order valence-corrected chi connectivity index (χ0v) is 9.60. The Hall–Kier alpha value is -1.66. The Bertz CT molecular complexity index is 612. The molecule has 3 aliphatic carbocycles. The highest BCUT2D eigenvalue weighted by Gasteiger charge is 2.72. The molecule has 0 aromatic carbocycles. The van der Waals surface area contributed by atoms with Crippen LogP contribution in [0.15, 0.2) is 4.79 Å². The molecule has 0 amide bonds. The second-order valence-electron chi connectivity index (χ2n) is 5.78. The van der Waals surface area contributed by atoms with Crippen LogP contribution in [0.25, 0.3) is 0 Å². The third-order valence-corrected chi connectivity index (χ3v) is 4.51. The highest BCUT2D eigenvalue weighted by molar-refractivity contribution is 5.72.